The number of esters is 2. The van der Waals surface area contributed by atoms with Crippen LogP contribution in [0.5, 0.6) is 0 Å². The fraction of sp³-hybridized carbons (Fsp3) is 0.720. The minimum absolute atomic E-state index is 0.313. The summed E-state index contributed by atoms with van der Waals surface area (Å²) in [5.74, 6) is 1.10. The van der Waals surface area contributed by atoms with Crippen LogP contribution >= 0.6 is 0 Å². The van der Waals surface area contributed by atoms with Gasteiger partial charge in [-0.2, -0.15) is 0 Å². The van der Waals surface area contributed by atoms with E-state index in [9.17, 15) is 9.59 Å². The maximum Gasteiger partial charge on any atom is 0.340 e. The predicted octanol–water partition coefficient (Wildman–Crippen LogP) is 14.8. The number of ether oxygens (including phenoxy) is 2. The molecule has 0 saturated heterocycles. The Labute approximate surface area is 344 Å². The lowest BCUT2D eigenvalue weighted by Gasteiger charge is -2.28. The molecule has 0 aliphatic rings. The first-order valence-electron chi connectivity index (χ1n) is 23.5. The summed E-state index contributed by atoms with van der Waals surface area (Å²) in [6, 6.07) is 14.3. The topological polar surface area (TPSA) is 105 Å². The van der Waals surface area contributed by atoms with E-state index in [-0.39, 0.29) is 11.9 Å². The Balaban J connectivity index is 1.78. The first-order chi connectivity index (χ1) is 27.5. The van der Waals surface area contributed by atoms with Crippen molar-refractivity contribution in [1.29, 1.82) is 0 Å². The summed E-state index contributed by atoms with van der Waals surface area (Å²) in [5.41, 5.74) is 13.7. The third-order valence-electron chi connectivity index (χ3n) is 11.8. The van der Waals surface area contributed by atoms with Gasteiger partial charge in [0.2, 0.25) is 0 Å². The summed E-state index contributed by atoms with van der Waals surface area (Å²) in [6.45, 7) is 5.54. The third-order valence-corrected chi connectivity index (χ3v) is 11.8. The molecule has 2 atom stereocenters. The molecule has 318 valence electrons. The lowest BCUT2D eigenvalue weighted by molar-refractivity contribution is 0.0489. The van der Waals surface area contributed by atoms with Crippen LogP contribution in [-0.2, 0) is 9.47 Å². The van der Waals surface area contributed by atoms with Gasteiger partial charge in [0.05, 0.1) is 24.3 Å². The molecule has 0 aliphatic heterocycles. The Hall–Kier alpha value is -3.02. The van der Waals surface area contributed by atoms with Gasteiger partial charge in [-0.25, -0.2) is 9.59 Å². The van der Waals surface area contributed by atoms with Crippen molar-refractivity contribution < 1.29 is 19.1 Å². The molecular formula is C50H84N2O4. The Morgan fingerprint density at radius 3 is 0.982 bits per heavy atom. The van der Waals surface area contributed by atoms with Crippen LogP contribution in [0.15, 0.2) is 48.5 Å². The highest BCUT2D eigenvalue weighted by Crippen LogP contribution is 2.34. The first-order valence-corrected chi connectivity index (χ1v) is 23.5. The van der Waals surface area contributed by atoms with Crippen LogP contribution in [0.3, 0.4) is 0 Å². The zero-order valence-electron chi connectivity index (χ0n) is 36.2. The SMILES string of the molecule is CCCCCCCCCC(CCCCCCCCOC(=O)c1ccccc1N)C(CCCCCCCCC)CCCCCCCCOC(=O)c1ccccc1N. The second-order valence-corrected chi connectivity index (χ2v) is 16.6. The lowest BCUT2D eigenvalue weighted by atomic mass is 9.78. The van der Waals surface area contributed by atoms with Crippen LogP contribution in [0.2, 0.25) is 0 Å². The molecule has 0 amide bonds. The van der Waals surface area contributed by atoms with Crippen LogP contribution in [0.4, 0.5) is 11.4 Å². The van der Waals surface area contributed by atoms with E-state index in [4.69, 9.17) is 20.9 Å². The zero-order valence-corrected chi connectivity index (χ0v) is 36.2. The van der Waals surface area contributed by atoms with Crippen molar-refractivity contribution in [2.45, 2.75) is 206 Å². The van der Waals surface area contributed by atoms with Gasteiger partial charge in [-0.05, 0) is 48.9 Å². The second kappa shape index (κ2) is 34.1. The number of anilines is 2. The molecular weight excluding hydrogens is 693 g/mol. The van der Waals surface area contributed by atoms with Crippen molar-refractivity contribution in [3.63, 3.8) is 0 Å². The smallest absolute Gasteiger partial charge is 0.340 e. The molecule has 0 fully saturated rings. The lowest BCUT2D eigenvalue weighted by Crippen LogP contribution is -2.16. The van der Waals surface area contributed by atoms with Crippen molar-refractivity contribution in [1.82, 2.24) is 0 Å². The Morgan fingerprint density at radius 1 is 0.411 bits per heavy atom. The number of hydrogen-bond acceptors (Lipinski definition) is 6. The monoisotopic (exact) mass is 777 g/mol. The fourth-order valence-electron chi connectivity index (χ4n) is 8.24. The minimum Gasteiger partial charge on any atom is -0.462 e. The van der Waals surface area contributed by atoms with Gasteiger partial charge in [0.25, 0.3) is 0 Å². The van der Waals surface area contributed by atoms with E-state index in [1.807, 2.05) is 24.3 Å². The molecule has 6 heteroatoms. The van der Waals surface area contributed by atoms with Gasteiger partial charge in [0, 0.05) is 11.4 Å². The van der Waals surface area contributed by atoms with E-state index in [0.717, 1.165) is 37.5 Å². The molecule has 4 N–H and O–H groups in total. The van der Waals surface area contributed by atoms with E-state index in [2.05, 4.69) is 13.8 Å². The predicted molar refractivity (Wildman–Crippen MR) is 239 cm³/mol. The number of benzene rings is 2. The molecule has 0 radical (unpaired) electrons. The highest BCUT2D eigenvalue weighted by atomic mass is 16.5. The standard InChI is InChI=1S/C50H84N2O4/c1-3-5-7-9-11-17-23-33-43(35-25-19-13-15-21-31-41-55-49(53)45-37-27-29-39-47(45)51)44(34-24-18-12-10-8-6-4-2)36-26-20-14-16-22-32-42-56-50(54)46-38-28-30-40-48(46)52/h27-30,37-40,43-44H,3-26,31-36,41-42,51-52H2,1-2H3. The van der Waals surface area contributed by atoms with Gasteiger partial charge in [-0.1, -0.05) is 218 Å². The van der Waals surface area contributed by atoms with Crippen molar-refractivity contribution in [2.75, 3.05) is 24.7 Å². The average molecular weight is 777 g/mol. The Bertz CT molecular complexity index is 1150. The summed E-state index contributed by atoms with van der Waals surface area (Å²) in [5, 5.41) is 0. The van der Waals surface area contributed by atoms with Gasteiger partial charge in [-0.3, -0.25) is 0 Å². The van der Waals surface area contributed by atoms with Crippen molar-refractivity contribution >= 4 is 23.3 Å². The summed E-state index contributed by atoms with van der Waals surface area (Å²) in [4.78, 5) is 24.7. The highest BCUT2D eigenvalue weighted by Gasteiger charge is 2.21. The van der Waals surface area contributed by atoms with Crippen LogP contribution < -0.4 is 11.5 Å². The molecule has 0 spiro atoms. The van der Waals surface area contributed by atoms with Crippen LogP contribution in [0.25, 0.3) is 0 Å². The number of carbonyl (C=O) groups is 2. The normalized spacial score (nSPS) is 12.4. The number of carbonyl (C=O) groups excluding carboxylic acids is 2. The average Bonchev–Trinajstić information content (AvgIpc) is 3.20. The second-order valence-electron chi connectivity index (χ2n) is 16.6. The van der Waals surface area contributed by atoms with E-state index in [1.54, 1.807) is 24.3 Å². The van der Waals surface area contributed by atoms with Crippen molar-refractivity contribution in [3.8, 4) is 0 Å². The van der Waals surface area contributed by atoms with E-state index in [1.165, 1.54) is 167 Å². The van der Waals surface area contributed by atoms with Gasteiger partial charge in [-0.15, -0.1) is 0 Å². The quantitative estimate of drug-likeness (QED) is 0.0402. The number of hydrogen-bond donors (Lipinski definition) is 2. The van der Waals surface area contributed by atoms with Crippen LogP contribution in [-0.4, -0.2) is 25.2 Å². The molecule has 2 aromatic carbocycles. The number of para-hydroxylation sites is 2. The molecule has 56 heavy (non-hydrogen) atoms. The molecule has 2 aromatic rings. The van der Waals surface area contributed by atoms with Crippen LogP contribution in [0, 0.1) is 11.8 Å². The molecule has 0 saturated carbocycles. The maximum absolute atomic E-state index is 12.3. The Kier molecular flexibility index (Phi) is 29.9. The molecule has 2 unspecified atom stereocenters. The molecule has 2 rings (SSSR count). The number of nitrogens with two attached hydrogens (primary N) is 2. The third kappa shape index (κ3) is 23.9. The van der Waals surface area contributed by atoms with Crippen molar-refractivity contribution in [2.24, 2.45) is 11.8 Å². The van der Waals surface area contributed by atoms with E-state index >= 15 is 0 Å². The molecule has 0 aromatic heterocycles. The van der Waals surface area contributed by atoms with E-state index < -0.39 is 0 Å². The number of rotatable bonds is 37. The maximum atomic E-state index is 12.3. The number of unbranched alkanes of at least 4 members (excludes halogenated alkanes) is 22. The Morgan fingerprint density at radius 2 is 0.679 bits per heavy atom. The summed E-state index contributed by atoms with van der Waals surface area (Å²) < 4.78 is 11.0. The molecule has 6 nitrogen and oxygen atoms in total. The minimum atomic E-state index is -0.313. The number of nitrogen functional groups attached to an aromatic ring is 2. The fourth-order valence-corrected chi connectivity index (χ4v) is 8.24. The van der Waals surface area contributed by atoms with E-state index in [0.29, 0.717) is 35.7 Å². The molecule has 0 aliphatic carbocycles. The largest absolute Gasteiger partial charge is 0.462 e. The zero-order chi connectivity index (χ0) is 40.3. The van der Waals surface area contributed by atoms with Gasteiger partial charge >= 0.3 is 11.9 Å². The molecule has 0 bridgehead atoms. The first kappa shape index (κ1) is 49.1. The van der Waals surface area contributed by atoms with Crippen LogP contribution in [0.1, 0.15) is 227 Å². The van der Waals surface area contributed by atoms with Gasteiger partial charge in [0.15, 0.2) is 0 Å². The van der Waals surface area contributed by atoms with Gasteiger partial charge in [0.1, 0.15) is 0 Å². The van der Waals surface area contributed by atoms with Crippen molar-refractivity contribution in [3.05, 3.63) is 59.7 Å². The molecule has 0 heterocycles. The summed E-state index contributed by atoms with van der Waals surface area (Å²) in [7, 11) is 0. The summed E-state index contributed by atoms with van der Waals surface area (Å²) in [6.07, 6.45) is 39.4. The van der Waals surface area contributed by atoms with Gasteiger partial charge < -0.3 is 20.9 Å². The summed E-state index contributed by atoms with van der Waals surface area (Å²) >= 11 is 0. The highest BCUT2D eigenvalue weighted by molar-refractivity contribution is 5.95.